The van der Waals surface area contributed by atoms with Gasteiger partial charge >= 0.3 is 0 Å². The fraction of sp³-hybridized carbons (Fsp3) is 0.243. The first kappa shape index (κ1) is 39.5. The number of aromatic hydroxyl groups is 3. The van der Waals surface area contributed by atoms with Crippen molar-refractivity contribution in [3.63, 3.8) is 0 Å². The van der Waals surface area contributed by atoms with E-state index in [1.807, 2.05) is 58.9 Å². The molecule has 4 aromatic carbocycles. The molecular formula is C37H42N4O10. The van der Waals surface area contributed by atoms with Crippen molar-refractivity contribution in [3.05, 3.63) is 103 Å². The van der Waals surface area contributed by atoms with Gasteiger partial charge in [0.15, 0.2) is 42.2 Å². The third-order valence-electron chi connectivity index (χ3n) is 6.53. The lowest BCUT2D eigenvalue weighted by molar-refractivity contribution is -0.282. The van der Waals surface area contributed by atoms with E-state index in [2.05, 4.69) is 15.0 Å². The number of oxazole rings is 3. The van der Waals surface area contributed by atoms with Crippen molar-refractivity contribution < 1.29 is 47.6 Å². The van der Waals surface area contributed by atoms with E-state index >= 15 is 0 Å². The Labute approximate surface area is 294 Å². The Morgan fingerprint density at radius 3 is 1.73 bits per heavy atom. The number of hydrogen-bond acceptors (Lipinski definition) is 14. The van der Waals surface area contributed by atoms with Crippen LogP contribution in [0.3, 0.4) is 0 Å². The van der Waals surface area contributed by atoms with E-state index in [0.29, 0.717) is 54.0 Å². The largest absolute Gasteiger partial charge is 0.508 e. The summed E-state index contributed by atoms with van der Waals surface area (Å²) in [6.45, 7) is 11.1. The number of anilines is 1. The number of phenols is 3. The number of ether oxygens (including phenoxy) is 3. The minimum atomic E-state index is -0.472. The third-order valence-corrected chi connectivity index (χ3v) is 6.53. The molecule has 0 atom stereocenters. The number of phenolic OH excluding ortho intramolecular Hbond substituents is 3. The summed E-state index contributed by atoms with van der Waals surface area (Å²) in [5.74, 6) is 0.286. The van der Waals surface area contributed by atoms with Crippen LogP contribution in [0.1, 0.15) is 42.3 Å². The molecule has 3 aromatic heterocycles. The zero-order valence-corrected chi connectivity index (χ0v) is 29.0. The van der Waals surface area contributed by atoms with Crippen LogP contribution in [-0.4, -0.2) is 62.9 Å². The first-order valence-corrected chi connectivity index (χ1v) is 15.8. The maximum Gasteiger partial charge on any atom is 0.271 e. The number of aromatic nitrogens is 3. The average Bonchev–Trinajstić information content (AvgIpc) is 3.89. The van der Waals surface area contributed by atoms with Gasteiger partial charge in [-0.3, -0.25) is 4.79 Å². The van der Waals surface area contributed by atoms with Gasteiger partial charge < -0.3 is 48.5 Å². The van der Waals surface area contributed by atoms with Gasteiger partial charge in [-0.2, -0.15) is 0 Å². The van der Waals surface area contributed by atoms with Crippen LogP contribution in [0.15, 0.2) is 99.2 Å². The van der Waals surface area contributed by atoms with Crippen LogP contribution in [0, 0.1) is 13.8 Å². The Bertz CT molecular complexity index is 1990. The highest BCUT2D eigenvalue weighted by Gasteiger charge is 2.08. The standard InChI is InChI=1S/C8H5NO3.C8H7NO.C7H5NO2.C7H9NO.C7H16O3/c10-3-5-6(11)1-2-7-8(5)9-4-12-7;1-6-2-3-8-7(4-6)9-5-10-8;9-5-1-2-7-6(3-5)8-4-10-7;1-5-2-3-7(9)6(8)4-5;1-4-8-7(9-5-2)10-6-3/h1-4,11H;2-5H,1H3;1-4,9H;2-4,9H,8H2,1H3;7H,4-6H2,1-3H3. The van der Waals surface area contributed by atoms with E-state index < -0.39 is 6.48 Å². The molecule has 14 nitrogen and oxygen atoms in total. The lowest BCUT2D eigenvalue weighted by atomic mass is 10.2. The van der Waals surface area contributed by atoms with E-state index in [1.54, 1.807) is 36.4 Å². The number of nitrogen functional groups attached to an aromatic ring is 1. The highest BCUT2D eigenvalue weighted by molar-refractivity contribution is 5.96. The monoisotopic (exact) mass is 702 g/mol. The molecule has 0 radical (unpaired) electrons. The van der Waals surface area contributed by atoms with Crippen LogP contribution in [0.4, 0.5) is 5.69 Å². The molecule has 0 saturated heterocycles. The second-order valence-corrected chi connectivity index (χ2v) is 10.4. The van der Waals surface area contributed by atoms with E-state index in [1.165, 1.54) is 30.8 Å². The van der Waals surface area contributed by atoms with Gasteiger partial charge in [-0.05, 0) is 94.3 Å². The van der Waals surface area contributed by atoms with Crippen molar-refractivity contribution in [2.75, 3.05) is 25.6 Å². The van der Waals surface area contributed by atoms with Crippen molar-refractivity contribution >= 4 is 45.3 Å². The second-order valence-electron chi connectivity index (χ2n) is 10.4. The molecule has 0 aliphatic heterocycles. The first-order valence-electron chi connectivity index (χ1n) is 15.8. The lowest BCUT2D eigenvalue weighted by Crippen LogP contribution is -2.20. The van der Waals surface area contributed by atoms with Gasteiger partial charge in [-0.25, -0.2) is 15.0 Å². The second kappa shape index (κ2) is 20.5. The number of fused-ring (bicyclic) bond motifs is 3. The summed E-state index contributed by atoms with van der Waals surface area (Å²) in [6, 6.07) is 18.8. The average molecular weight is 703 g/mol. The molecule has 0 aliphatic rings. The first-order chi connectivity index (χ1) is 24.6. The van der Waals surface area contributed by atoms with Gasteiger partial charge in [-0.1, -0.05) is 12.1 Å². The lowest BCUT2D eigenvalue weighted by Gasteiger charge is -2.15. The molecular weight excluding hydrogens is 660 g/mol. The summed E-state index contributed by atoms with van der Waals surface area (Å²) >= 11 is 0. The van der Waals surface area contributed by atoms with E-state index in [0.717, 1.165) is 16.7 Å². The van der Waals surface area contributed by atoms with Gasteiger partial charge in [0, 0.05) is 25.9 Å². The zero-order chi connectivity index (χ0) is 37.2. The number of nitrogens with two attached hydrogens (primary N) is 1. The van der Waals surface area contributed by atoms with Gasteiger partial charge in [0.1, 0.15) is 33.8 Å². The Morgan fingerprint density at radius 1 is 0.667 bits per heavy atom. The van der Waals surface area contributed by atoms with E-state index in [4.69, 9.17) is 43.4 Å². The molecule has 0 saturated carbocycles. The molecule has 3 heterocycles. The van der Waals surface area contributed by atoms with Crippen molar-refractivity contribution in [1.29, 1.82) is 0 Å². The summed E-state index contributed by atoms with van der Waals surface area (Å²) in [5, 5.41) is 27.1. The molecule has 14 heteroatoms. The Hall–Kier alpha value is -5.96. The maximum atomic E-state index is 10.5. The quantitative estimate of drug-likeness (QED) is 0.0543. The van der Waals surface area contributed by atoms with Gasteiger partial charge in [0.25, 0.3) is 6.48 Å². The zero-order valence-electron chi connectivity index (χ0n) is 29.0. The molecule has 0 bridgehead atoms. The van der Waals surface area contributed by atoms with Crippen molar-refractivity contribution in [2.45, 2.75) is 41.1 Å². The van der Waals surface area contributed by atoms with Crippen LogP contribution in [0.25, 0.3) is 33.3 Å². The number of nitrogens with zero attached hydrogens (tertiary/aromatic N) is 3. The van der Waals surface area contributed by atoms with Crippen LogP contribution in [-0.2, 0) is 14.2 Å². The predicted octanol–water partition coefficient (Wildman–Crippen LogP) is 7.68. The molecule has 0 aliphatic carbocycles. The van der Waals surface area contributed by atoms with Crippen LogP contribution in [0.2, 0.25) is 0 Å². The summed E-state index contributed by atoms with van der Waals surface area (Å²) in [7, 11) is 0. The summed E-state index contributed by atoms with van der Waals surface area (Å²) in [5.41, 5.74) is 12.3. The highest BCUT2D eigenvalue weighted by atomic mass is 16.8. The molecule has 270 valence electrons. The Kier molecular flexibility index (Phi) is 15.9. The summed E-state index contributed by atoms with van der Waals surface area (Å²) < 4.78 is 30.2. The number of benzene rings is 4. The fourth-order valence-electron chi connectivity index (χ4n) is 4.10. The number of aryl methyl sites for hydroxylation is 2. The molecule has 0 spiro atoms. The Morgan fingerprint density at radius 2 is 1.16 bits per heavy atom. The summed E-state index contributed by atoms with van der Waals surface area (Å²) in [4.78, 5) is 22.2. The topological polar surface area (TPSA) is 210 Å². The van der Waals surface area contributed by atoms with Crippen LogP contribution in [0.5, 0.6) is 17.2 Å². The van der Waals surface area contributed by atoms with Crippen LogP contribution >= 0.6 is 0 Å². The number of rotatable bonds is 7. The van der Waals surface area contributed by atoms with Gasteiger partial charge in [-0.15, -0.1) is 0 Å². The minimum Gasteiger partial charge on any atom is -0.508 e. The number of carbonyl (C=O) groups excluding carboxylic acids is 1. The SMILES string of the molecule is CCOC(OCC)OCC.Cc1ccc(O)c(N)c1.Cc1ccc2ocnc2c1.O=Cc1c(O)ccc2ocnc12.Oc1ccc2ocnc2c1. The molecule has 0 amide bonds. The normalized spacial score (nSPS) is 10.3. The van der Waals surface area contributed by atoms with Gasteiger partial charge in [0.2, 0.25) is 0 Å². The molecule has 5 N–H and O–H groups in total. The van der Waals surface area contributed by atoms with Crippen molar-refractivity contribution in [1.82, 2.24) is 15.0 Å². The molecule has 0 unspecified atom stereocenters. The number of aldehydes is 1. The van der Waals surface area contributed by atoms with Gasteiger partial charge in [0.05, 0.1) is 11.3 Å². The van der Waals surface area contributed by atoms with Crippen molar-refractivity contribution in [2.24, 2.45) is 0 Å². The molecule has 51 heavy (non-hydrogen) atoms. The predicted molar refractivity (Wildman–Crippen MR) is 191 cm³/mol. The smallest absolute Gasteiger partial charge is 0.271 e. The van der Waals surface area contributed by atoms with E-state index in [9.17, 15) is 9.90 Å². The van der Waals surface area contributed by atoms with E-state index in [-0.39, 0.29) is 22.8 Å². The highest BCUT2D eigenvalue weighted by Crippen LogP contribution is 2.24. The molecule has 7 aromatic rings. The maximum absolute atomic E-state index is 10.5. The third kappa shape index (κ3) is 12.5. The minimum absolute atomic E-state index is 0.0774. The molecule has 7 rings (SSSR count). The van der Waals surface area contributed by atoms with Crippen molar-refractivity contribution in [3.8, 4) is 17.2 Å². The van der Waals surface area contributed by atoms with Crippen LogP contribution < -0.4 is 5.73 Å². The number of hydrogen-bond donors (Lipinski definition) is 4. The Balaban J connectivity index is 0.000000173. The number of carbonyl (C=O) groups is 1. The summed E-state index contributed by atoms with van der Waals surface area (Å²) in [6.07, 6.45) is 4.60. The fourth-order valence-corrected chi connectivity index (χ4v) is 4.10. The molecule has 0 fully saturated rings.